The van der Waals surface area contributed by atoms with E-state index in [1.165, 1.54) is 0 Å². The van der Waals surface area contributed by atoms with Crippen LogP contribution in [0, 0.1) is 0 Å². The number of aromatic nitrogens is 2. The van der Waals surface area contributed by atoms with Gasteiger partial charge in [-0.3, -0.25) is 9.20 Å². The molecule has 0 spiro atoms. The van der Waals surface area contributed by atoms with Crippen molar-refractivity contribution in [2.75, 3.05) is 26.2 Å². The number of piperidine rings is 1. The molecule has 0 atom stereocenters. The minimum atomic E-state index is -0.0829. The van der Waals surface area contributed by atoms with Gasteiger partial charge in [0.15, 0.2) is 0 Å². The van der Waals surface area contributed by atoms with Gasteiger partial charge in [0, 0.05) is 66.1 Å². The first-order chi connectivity index (χ1) is 16.0. The van der Waals surface area contributed by atoms with Crippen LogP contribution in [0.3, 0.4) is 0 Å². The van der Waals surface area contributed by atoms with Crippen molar-refractivity contribution < 1.29 is 9.59 Å². The number of benzene rings is 1. The highest BCUT2D eigenvalue weighted by atomic mass is 35.5. The van der Waals surface area contributed by atoms with Crippen molar-refractivity contribution >= 4 is 40.8 Å². The zero-order valence-corrected chi connectivity index (χ0v) is 19.4. The lowest BCUT2D eigenvalue weighted by Gasteiger charge is -2.36. The average molecular weight is 487 g/mol. The van der Waals surface area contributed by atoms with Crippen LogP contribution in [0.5, 0.6) is 0 Å². The van der Waals surface area contributed by atoms with Gasteiger partial charge < -0.3 is 20.9 Å². The van der Waals surface area contributed by atoms with Gasteiger partial charge in [-0.2, -0.15) is 0 Å². The summed E-state index contributed by atoms with van der Waals surface area (Å²) in [6.45, 7) is 2.90. The number of urea groups is 1. The molecule has 4 heterocycles. The first-order valence-corrected chi connectivity index (χ1v) is 11.7. The molecular weight excluding hydrogens is 463 g/mol. The molecule has 33 heavy (non-hydrogen) atoms. The molecule has 10 heteroatoms. The Morgan fingerprint density at radius 2 is 1.94 bits per heavy atom. The maximum absolute atomic E-state index is 13.4. The van der Waals surface area contributed by atoms with Crippen molar-refractivity contribution in [1.29, 1.82) is 0 Å². The number of nitrogens with zero attached hydrogens (tertiary/aromatic N) is 4. The summed E-state index contributed by atoms with van der Waals surface area (Å²) < 4.78 is 1.79. The molecule has 0 radical (unpaired) electrons. The van der Waals surface area contributed by atoms with Crippen LogP contribution in [0.2, 0.25) is 10.0 Å². The fourth-order valence-electron chi connectivity index (χ4n) is 4.72. The highest BCUT2D eigenvalue weighted by Gasteiger charge is 2.32. The summed E-state index contributed by atoms with van der Waals surface area (Å²) in [6, 6.07) is 7.36. The van der Waals surface area contributed by atoms with Crippen LogP contribution in [0.15, 0.2) is 36.7 Å². The number of rotatable bonds is 4. The second-order valence-corrected chi connectivity index (χ2v) is 9.20. The maximum atomic E-state index is 13.4. The first-order valence-electron chi connectivity index (χ1n) is 11.0. The number of hydrogen-bond acceptors (Lipinski definition) is 4. The molecule has 2 saturated heterocycles. The second kappa shape index (κ2) is 8.85. The molecule has 3 aromatic rings. The summed E-state index contributed by atoms with van der Waals surface area (Å²) in [4.78, 5) is 33.5. The van der Waals surface area contributed by atoms with E-state index in [-0.39, 0.29) is 18.0 Å². The third-order valence-corrected chi connectivity index (χ3v) is 7.02. The summed E-state index contributed by atoms with van der Waals surface area (Å²) in [5.74, 6) is -0.0829. The highest BCUT2D eigenvalue weighted by molar-refractivity contribution is 6.36. The van der Waals surface area contributed by atoms with Crippen LogP contribution in [-0.4, -0.2) is 63.3 Å². The molecule has 0 saturated carbocycles. The molecule has 0 aliphatic carbocycles. The van der Waals surface area contributed by atoms with E-state index in [0.717, 1.165) is 36.1 Å². The Morgan fingerprint density at radius 1 is 1.15 bits per heavy atom. The van der Waals surface area contributed by atoms with E-state index in [2.05, 4.69) is 10.3 Å². The topological polar surface area (TPSA) is 96.0 Å². The van der Waals surface area contributed by atoms with Crippen LogP contribution < -0.4 is 11.1 Å². The van der Waals surface area contributed by atoms with Gasteiger partial charge in [-0.15, -0.1) is 0 Å². The van der Waals surface area contributed by atoms with Crippen molar-refractivity contribution in [3.63, 3.8) is 0 Å². The van der Waals surface area contributed by atoms with E-state index in [9.17, 15) is 9.59 Å². The van der Waals surface area contributed by atoms with Gasteiger partial charge in [0.1, 0.15) is 11.3 Å². The third kappa shape index (κ3) is 4.03. The molecule has 2 fully saturated rings. The number of nitrogens with two attached hydrogens (primary N) is 1. The number of hydrogen-bond donors (Lipinski definition) is 2. The lowest BCUT2D eigenvalue weighted by molar-refractivity contribution is 0.0659. The minimum Gasteiger partial charge on any atom is -0.337 e. The van der Waals surface area contributed by atoms with Crippen molar-refractivity contribution in [3.8, 4) is 11.1 Å². The molecule has 1 aromatic carbocycles. The number of likely N-dealkylation sites (tertiary alicyclic amines) is 1. The van der Waals surface area contributed by atoms with Gasteiger partial charge in [-0.1, -0.05) is 29.3 Å². The number of pyridine rings is 1. The molecule has 3 N–H and O–H groups in total. The van der Waals surface area contributed by atoms with Crippen LogP contribution in [0.25, 0.3) is 16.8 Å². The Labute approximate surface area is 201 Å². The molecule has 2 aliphatic rings. The largest absolute Gasteiger partial charge is 0.337 e. The smallest absolute Gasteiger partial charge is 0.317 e. The summed E-state index contributed by atoms with van der Waals surface area (Å²) in [5, 5.41) is 3.91. The molecule has 2 aliphatic heterocycles. The van der Waals surface area contributed by atoms with Gasteiger partial charge in [-0.25, -0.2) is 9.78 Å². The van der Waals surface area contributed by atoms with E-state index in [1.54, 1.807) is 22.7 Å². The second-order valence-electron chi connectivity index (χ2n) is 8.36. The minimum absolute atomic E-state index is 0.00865. The number of carbonyl (C=O) groups is 2. The molecule has 0 unspecified atom stereocenters. The lowest BCUT2D eigenvalue weighted by atomic mass is 10.0. The number of carbonyl (C=O) groups excluding carboxylic acids is 2. The molecule has 8 nitrogen and oxygen atoms in total. The standard InChI is InChI=1S/C23H24Cl2N6O2/c24-15-1-2-17(19(25)10-15)18-13-31-20(12-28-21(31)9-14(18)11-26)22(32)29-6-3-16(4-7-29)30-8-5-27-23(30)33/h1-2,9-10,12-13,16H,3-8,11,26H2,(H,27,33). The maximum Gasteiger partial charge on any atom is 0.317 e. The van der Waals surface area contributed by atoms with Crippen LogP contribution in [-0.2, 0) is 6.54 Å². The summed E-state index contributed by atoms with van der Waals surface area (Å²) in [5.41, 5.74) is 9.63. The van der Waals surface area contributed by atoms with Crippen molar-refractivity contribution in [2.45, 2.75) is 25.4 Å². The molecular formula is C23H24Cl2N6O2. The fourth-order valence-corrected chi connectivity index (χ4v) is 5.23. The predicted octanol–water partition coefficient (Wildman–Crippen LogP) is 3.40. The van der Waals surface area contributed by atoms with E-state index < -0.39 is 0 Å². The Bertz CT molecular complexity index is 1240. The summed E-state index contributed by atoms with van der Waals surface area (Å²) in [7, 11) is 0. The van der Waals surface area contributed by atoms with E-state index in [4.69, 9.17) is 28.9 Å². The Morgan fingerprint density at radius 3 is 2.61 bits per heavy atom. The number of halogens is 2. The number of amides is 3. The van der Waals surface area contributed by atoms with Gasteiger partial charge in [-0.05, 0) is 36.6 Å². The fraction of sp³-hybridized carbons (Fsp3) is 0.348. The van der Waals surface area contributed by atoms with Crippen LogP contribution >= 0.6 is 23.2 Å². The number of nitrogens with one attached hydrogen (secondary N) is 1. The van der Waals surface area contributed by atoms with E-state index >= 15 is 0 Å². The molecule has 5 rings (SSSR count). The molecule has 0 bridgehead atoms. The zero-order chi connectivity index (χ0) is 23.1. The SMILES string of the molecule is NCc1cc2ncc(C(=O)N3CCC(N4CCNC4=O)CC3)n2cc1-c1ccc(Cl)cc1Cl. The summed E-state index contributed by atoms with van der Waals surface area (Å²) >= 11 is 12.5. The average Bonchev–Trinajstić information content (AvgIpc) is 3.43. The monoisotopic (exact) mass is 486 g/mol. The quantitative estimate of drug-likeness (QED) is 0.590. The Balaban J connectivity index is 1.43. The molecule has 172 valence electrons. The normalized spacial score (nSPS) is 17.1. The van der Waals surface area contributed by atoms with Crippen LogP contribution in [0.1, 0.15) is 28.9 Å². The molecule has 2 aromatic heterocycles. The van der Waals surface area contributed by atoms with Gasteiger partial charge in [0.2, 0.25) is 0 Å². The number of imidazole rings is 1. The first kappa shape index (κ1) is 22.0. The van der Waals surface area contributed by atoms with Crippen LogP contribution in [0.4, 0.5) is 4.79 Å². The number of fused-ring (bicyclic) bond motifs is 1. The Kier molecular flexibility index (Phi) is 5.90. The predicted molar refractivity (Wildman–Crippen MR) is 128 cm³/mol. The highest BCUT2D eigenvalue weighted by Crippen LogP contribution is 2.33. The van der Waals surface area contributed by atoms with Crippen molar-refractivity contribution in [2.24, 2.45) is 5.73 Å². The lowest BCUT2D eigenvalue weighted by Crippen LogP contribution is -2.47. The van der Waals surface area contributed by atoms with Gasteiger partial charge >= 0.3 is 6.03 Å². The van der Waals surface area contributed by atoms with Crippen molar-refractivity contribution in [1.82, 2.24) is 24.5 Å². The zero-order valence-electron chi connectivity index (χ0n) is 17.9. The van der Waals surface area contributed by atoms with E-state index in [1.807, 2.05) is 28.1 Å². The van der Waals surface area contributed by atoms with Crippen molar-refractivity contribution in [3.05, 3.63) is 58.0 Å². The molecule has 3 amide bonds. The summed E-state index contributed by atoms with van der Waals surface area (Å²) in [6.07, 6.45) is 5.00. The Hall–Kier alpha value is -2.81. The van der Waals surface area contributed by atoms with Gasteiger partial charge in [0.05, 0.1) is 6.20 Å². The third-order valence-electron chi connectivity index (χ3n) is 6.48. The van der Waals surface area contributed by atoms with Gasteiger partial charge in [0.25, 0.3) is 5.91 Å². The van der Waals surface area contributed by atoms with E-state index in [0.29, 0.717) is 47.6 Å².